The van der Waals surface area contributed by atoms with Crippen molar-refractivity contribution in [2.45, 2.75) is 26.7 Å². The number of nitrogens with zero attached hydrogens (tertiary/aromatic N) is 1. The third kappa shape index (κ3) is 15.7. The molecule has 16 heavy (non-hydrogen) atoms. The molecule has 0 aromatic rings. The minimum absolute atomic E-state index is 0.827. The molecule has 0 atom stereocenters. The van der Waals surface area contributed by atoms with Crippen LogP contribution in [0, 0.1) is 0 Å². The van der Waals surface area contributed by atoms with Crippen LogP contribution in [0.5, 0.6) is 0 Å². The van der Waals surface area contributed by atoms with Crippen LogP contribution in [0.4, 0.5) is 4.79 Å². The molecule has 0 bridgehead atoms. The lowest BCUT2D eigenvalue weighted by Crippen LogP contribution is -2.42. The number of methoxy groups -OCH3 is 1. The highest BCUT2D eigenvalue weighted by molar-refractivity contribution is 5.53. The monoisotopic (exact) mass is 235 g/mol. The molecule has 5 heteroatoms. The zero-order valence-corrected chi connectivity index (χ0v) is 11.1. The smallest absolute Gasteiger partial charge is 0.251 e. The number of rotatable bonds is 6. The fraction of sp³-hybridized carbons (Fsp3) is 0.909. The normalized spacial score (nSPS) is 10.3. The number of hydrogen-bond donors (Lipinski definition) is 0. The minimum Gasteiger partial charge on any atom is -0.553 e. The first-order valence-electron chi connectivity index (χ1n) is 5.54. The highest BCUT2D eigenvalue weighted by Crippen LogP contribution is 2.01. The van der Waals surface area contributed by atoms with Crippen molar-refractivity contribution in [1.29, 1.82) is 0 Å². The third-order valence-corrected chi connectivity index (χ3v) is 1.93. The lowest BCUT2D eigenvalue weighted by atomic mass is 10.3. The summed E-state index contributed by atoms with van der Waals surface area (Å²) in [5, 5.41) is 9.03. The van der Waals surface area contributed by atoms with E-state index in [0.29, 0.717) is 0 Å². The van der Waals surface area contributed by atoms with Crippen LogP contribution < -0.4 is 5.11 Å². The molecule has 0 aliphatic rings. The molecule has 0 aromatic heterocycles. The first-order chi connectivity index (χ1) is 7.39. The molecular weight excluding hydrogens is 210 g/mol. The molecule has 0 amide bonds. The molecule has 5 nitrogen and oxygen atoms in total. The van der Waals surface area contributed by atoms with E-state index in [1.165, 1.54) is 19.4 Å². The van der Waals surface area contributed by atoms with Gasteiger partial charge in [0.15, 0.2) is 6.73 Å². The van der Waals surface area contributed by atoms with Crippen molar-refractivity contribution >= 4 is 6.16 Å². The maximum absolute atomic E-state index is 9.03. The van der Waals surface area contributed by atoms with Crippen molar-refractivity contribution in [3.8, 4) is 0 Å². The Morgan fingerprint density at radius 3 is 2.12 bits per heavy atom. The van der Waals surface area contributed by atoms with Gasteiger partial charge < -0.3 is 23.9 Å². The first-order valence-corrected chi connectivity index (χ1v) is 5.54. The van der Waals surface area contributed by atoms with E-state index in [1.54, 1.807) is 0 Å². The standard InChI is InChI=1S/C9H22NO.C2H4O3/c1-5-7-8-10(3,4)9-11-6-2;1-5-2(3)4/h5-9H2,1-4H3;1H3,(H,3,4)/q+1;/p-1. The van der Waals surface area contributed by atoms with Crippen molar-refractivity contribution in [1.82, 2.24) is 0 Å². The third-order valence-electron chi connectivity index (χ3n) is 1.93. The van der Waals surface area contributed by atoms with Gasteiger partial charge in [-0.1, -0.05) is 13.3 Å². The second kappa shape index (κ2) is 10.7. The van der Waals surface area contributed by atoms with Gasteiger partial charge in [-0.3, -0.25) is 0 Å². The summed E-state index contributed by atoms with van der Waals surface area (Å²) >= 11 is 0. The summed E-state index contributed by atoms with van der Waals surface area (Å²) in [6.07, 6.45) is 1.07. The lowest BCUT2D eigenvalue weighted by Gasteiger charge is -2.28. The van der Waals surface area contributed by atoms with Crippen LogP contribution in [-0.4, -0.2) is 51.7 Å². The Labute approximate surface area is 98.5 Å². The first kappa shape index (κ1) is 17.6. The van der Waals surface area contributed by atoms with E-state index in [9.17, 15) is 0 Å². The summed E-state index contributed by atoms with van der Waals surface area (Å²) in [5.41, 5.74) is 0. The molecule has 98 valence electrons. The van der Waals surface area contributed by atoms with Gasteiger partial charge in [0, 0.05) is 13.7 Å². The molecule has 0 aromatic carbocycles. The molecule has 0 saturated carbocycles. The van der Waals surface area contributed by atoms with Gasteiger partial charge in [-0.15, -0.1) is 0 Å². The predicted molar refractivity (Wildman–Crippen MR) is 60.8 cm³/mol. The van der Waals surface area contributed by atoms with E-state index >= 15 is 0 Å². The molecule has 0 fully saturated rings. The van der Waals surface area contributed by atoms with Crippen LogP contribution in [0.1, 0.15) is 26.7 Å². The van der Waals surface area contributed by atoms with Gasteiger partial charge in [0.2, 0.25) is 0 Å². The Hall–Kier alpha value is -0.810. The number of carbonyl (C=O) groups is 1. The number of unbranched alkanes of at least 4 members (excludes halogenated alkanes) is 1. The number of carboxylic acid groups (broad SMARTS) is 1. The largest absolute Gasteiger partial charge is 0.553 e. The van der Waals surface area contributed by atoms with Gasteiger partial charge in [-0.25, -0.2) is 0 Å². The maximum atomic E-state index is 9.03. The number of ether oxygens (including phenoxy) is 2. The molecule has 0 radical (unpaired) electrons. The fourth-order valence-electron chi connectivity index (χ4n) is 0.989. The Bertz CT molecular complexity index is 161. The van der Waals surface area contributed by atoms with Crippen LogP contribution in [0.3, 0.4) is 0 Å². The average Bonchev–Trinajstić information content (AvgIpc) is 2.24. The highest BCUT2D eigenvalue weighted by atomic mass is 16.6. The summed E-state index contributed by atoms with van der Waals surface area (Å²) in [4.78, 5) is 9.03. The van der Waals surface area contributed by atoms with E-state index in [1.807, 2.05) is 6.92 Å². The van der Waals surface area contributed by atoms with Gasteiger partial charge >= 0.3 is 0 Å². The van der Waals surface area contributed by atoms with Gasteiger partial charge in [-0.05, 0) is 13.3 Å². The Kier molecular flexibility index (Phi) is 11.8. The molecule has 0 N–H and O–H groups in total. The Morgan fingerprint density at radius 2 is 1.81 bits per heavy atom. The van der Waals surface area contributed by atoms with Crippen molar-refractivity contribution < 1.29 is 23.9 Å². The average molecular weight is 235 g/mol. The molecule has 0 spiro atoms. The molecular formula is C11H25NO4. The number of quaternary nitrogens is 1. The van der Waals surface area contributed by atoms with Crippen LogP contribution in [0.2, 0.25) is 0 Å². The topological polar surface area (TPSA) is 58.6 Å². The zero-order valence-electron chi connectivity index (χ0n) is 11.1. The fourth-order valence-corrected chi connectivity index (χ4v) is 0.989. The van der Waals surface area contributed by atoms with E-state index in [2.05, 4.69) is 25.8 Å². The maximum Gasteiger partial charge on any atom is 0.251 e. The molecule has 0 saturated heterocycles. The second-order valence-electron chi connectivity index (χ2n) is 4.09. The van der Waals surface area contributed by atoms with Crippen molar-refractivity contribution in [3.63, 3.8) is 0 Å². The summed E-state index contributed by atoms with van der Waals surface area (Å²) in [6, 6.07) is 0. The molecule has 0 unspecified atom stereocenters. The van der Waals surface area contributed by atoms with Gasteiger partial charge in [0.25, 0.3) is 6.16 Å². The highest BCUT2D eigenvalue weighted by Gasteiger charge is 2.12. The molecule has 0 heterocycles. The molecule has 0 aliphatic heterocycles. The summed E-state index contributed by atoms with van der Waals surface area (Å²) < 4.78 is 9.91. The minimum atomic E-state index is -1.50. The Morgan fingerprint density at radius 1 is 1.31 bits per heavy atom. The zero-order chi connectivity index (χ0) is 13.0. The lowest BCUT2D eigenvalue weighted by molar-refractivity contribution is -0.909. The number of hydrogen-bond acceptors (Lipinski definition) is 4. The van der Waals surface area contributed by atoms with Gasteiger partial charge in [-0.2, -0.15) is 0 Å². The van der Waals surface area contributed by atoms with Gasteiger partial charge in [0.1, 0.15) is 0 Å². The number of carbonyl (C=O) groups excluding carboxylic acids is 1. The van der Waals surface area contributed by atoms with E-state index in [0.717, 1.165) is 24.9 Å². The van der Waals surface area contributed by atoms with Crippen LogP contribution in [-0.2, 0) is 9.47 Å². The van der Waals surface area contributed by atoms with Crippen LogP contribution in [0.25, 0.3) is 0 Å². The van der Waals surface area contributed by atoms with E-state index in [-0.39, 0.29) is 0 Å². The van der Waals surface area contributed by atoms with Crippen LogP contribution >= 0.6 is 0 Å². The van der Waals surface area contributed by atoms with Crippen molar-refractivity contribution in [3.05, 3.63) is 0 Å². The second-order valence-corrected chi connectivity index (χ2v) is 4.09. The van der Waals surface area contributed by atoms with E-state index < -0.39 is 6.16 Å². The van der Waals surface area contributed by atoms with Gasteiger partial charge in [0.05, 0.1) is 20.6 Å². The predicted octanol–water partition coefficient (Wildman–Crippen LogP) is 0.833. The van der Waals surface area contributed by atoms with E-state index in [4.69, 9.17) is 14.6 Å². The van der Waals surface area contributed by atoms with Crippen molar-refractivity contribution in [2.24, 2.45) is 0 Å². The molecule has 0 rings (SSSR count). The van der Waals surface area contributed by atoms with Crippen LogP contribution in [0.15, 0.2) is 0 Å². The SMILES string of the molecule is CCCC[N+](C)(C)COCC.COC(=O)[O-]. The summed E-state index contributed by atoms with van der Waals surface area (Å²) in [6.45, 7) is 7.15. The summed E-state index contributed by atoms with van der Waals surface area (Å²) in [5.74, 6) is 0. The van der Waals surface area contributed by atoms with Crippen molar-refractivity contribution in [2.75, 3.05) is 41.1 Å². The molecule has 0 aliphatic carbocycles. The summed E-state index contributed by atoms with van der Waals surface area (Å²) in [7, 11) is 5.46. The Balaban J connectivity index is 0. The quantitative estimate of drug-likeness (QED) is 0.389.